The van der Waals surface area contributed by atoms with E-state index in [1.165, 1.54) is 0 Å². The van der Waals surface area contributed by atoms with Crippen LogP contribution in [-0.2, 0) is 0 Å². The maximum absolute atomic E-state index is 11.4. The molecule has 0 spiro atoms. The third-order valence-electron chi connectivity index (χ3n) is 2.82. The van der Waals surface area contributed by atoms with E-state index in [1.54, 1.807) is 0 Å². The highest BCUT2D eigenvalue weighted by atomic mass is 16.3. The molecule has 1 aromatic carbocycles. The molecule has 0 fully saturated rings. The zero-order chi connectivity index (χ0) is 14.3. The number of rotatable bonds is 6. The average Bonchev–Trinajstić information content (AvgIpc) is 2.39. The molecule has 2 amide bonds. The standard InChI is InChI=1S/C14H23N3O2/c1-4-17(11(2)3)13-7-5-12(6-8-13)16-14(19)15-9-10-18/h5-8,11,18H,4,9-10H2,1-3H3,(H2,15,16,19). The molecule has 1 rings (SSSR count). The number of aliphatic hydroxyl groups excluding tert-OH is 1. The van der Waals surface area contributed by atoms with Crippen LogP contribution in [0.5, 0.6) is 0 Å². The van der Waals surface area contributed by atoms with Crippen LogP contribution in [-0.4, -0.2) is 36.9 Å². The largest absolute Gasteiger partial charge is 0.395 e. The van der Waals surface area contributed by atoms with Crippen LogP contribution >= 0.6 is 0 Å². The lowest BCUT2D eigenvalue weighted by atomic mass is 10.2. The van der Waals surface area contributed by atoms with Gasteiger partial charge in [0.2, 0.25) is 0 Å². The van der Waals surface area contributed by atoms with E-state index in [0.717, 1.165) is 17.9 Å². The van der Waals surface area contributed by atoms with E-state index < -0.39 is 0 Å². The number of nitrogens with zero attached hydrogens (tertiary/aromatic N) is 1. The van der Waals surface area contributed by atoms with Gasteiger partial charge in [0.05, 0.1) is 6.61 Å². The van der Waals surface area contributed by atoms with Gasteiger partial charge in [-0.3, -0.25) is 0 Å². The van der Waals surface area contributed by atoms with Gasteiger partial charge >= 0.3 is 6.03 Å². The molecule has 0 aliphatic carbocycles. The number of anilines is 2. The Morgan fingerprint density at radius 1 is 1.32 bits per heavy atom. The topological polar surface area (TPSA) is 64.6 Å². The van der Waals surface area contributed by atoms with Gasteiger partial charge in [-0.1, -0.05) is 0 Å². The van der Waals surface area contributed by atoms with E-state index in [9.17, 15) is 4.79 Å². The van der Waals surface area contributed by atoms with Crippen LogP contribution in [0.3, 0.4) is 0 Å². The van der Waals surface area contributed by atoms with E-state index in [4.69, 9.17) is 5.11 Å². The van der Waals surface area contributed by atoms with Crippen LogP contribution < -0.4 is 15.5 Å². The van der Waals surface area contributed by atoms with Crippen molar-refractivity contribution < 1.29 is 9.90 Å². The van der Waals surface area contributed by atoms with Crippen LogP contribution in [0.4, 0.5) is 16.2 Å². The molecule has 0 aliphatic heterocycles. The summed E-state index contributed by atoms with van der Waals surface area (Å²) in [6.07, 6.45) is 0. The van der Waals surface area contributed by atoms with Crippen molar-refractivity contribution in [3.63, 3.8) is 0 Å². The molecule has 19 heavy (non-hydrogen) atoms. The molecule has 3 N–H and O–H groups in total. The van der Waals surface area contributed by atoms with E-state index in [2.05, 4.69) is 36.3 Å². The average molecular weight is 265 g/mol. The molecule has 5 nitrogen and oxygen atoms in total. The first kappa shape index (κ1) is 15.3. The molecule has 0 unspecified atom stereocenters. The molecule has 0 radical (unpaired) electrons. The maximum Gasteiger partial charge on any atom is 0.319 e. The van der Waals surface area contributed by atoms with Crippen LogP contribution in [0.15, 0.2) is 24.3 Å². The molecule has 106 valence electrons. The van der Waals surface area contributed by atoms with Crippen molar-refractivity contribution in [3.8, 4) is 0 Å². The Hall–Kier alpha value is -1.75. The molecule has 5 heteroatoms. The van der Waals surface area contributed by atoms with Gasteiger partial charge in [-0.2, -0.15) is 0 Å². The minimum Gasteiger partial charge on any atom is -0.395 e. The smallest absolute Gasteiger partial charge is 0.319 e. The molecule has 0 saturated carbocycles. The summed E-state index contributed by atoms with van der Waals surface area (Å²) in [5, 5.41) is 13.9. The van der Waals surface area contributed by atoms with Crippen molar-refractivity contribution in [1.82, 2.24) is 5.32 Å². The summed E-state index contributed by atoms with van der Waals surface area (Å²) in [7, 11) is 0. The minimum atomic E-state index is -0.307. The third-order valence-corrected chi connectivity index (χ3v) is 2.82. The summed E-state index contributed by atoms with van der Waals surface area (Å²) < 4.78 is 0. The van der Waals surface area contributed by atoms with Crippen molar-refractivity contribution in [2.75, 3.05) is 29.9 Å². The number of hydrogen-bond acceptors (Lipinski definition) is 3. The number of benzene rings is 1. The first-order chi connectivity index (χ1) is 9.08. The van der Waals surface area contributed by atoms with Gasteiger partial charge in [-0.25, -0.2) is 4.79 Å². The molecule has 0 saturated heterocycles. The highest BCUT2D eigenvalue weighted by Gasteiger charge is 2.08. The number of hydrogen-bond donors (Lipinski definition) is 3. The predicted molar refractivity (Wildman–Crippen MR) is 78.7 cm³/mol. The number of carbonyl (C=O) groups is 1. The monoisotopic (exact) mass is 265 g/mol. The molecule has 0 heterocycles. The molecular formula is C14H23N3O2. The second-order valence-corrected chi connectivity index (χ2v) is 4.53. The van der Waals surface area contributed by atoms with Gasteiger partial charge in [-0.05, 0) is 45.0 Å². The summed E-state index contributed by atoms with van der Waals surface area (Å²) in [5.41, 5.74) is 1.87. The Morgan fingerprint density at radius 2 is 1.95 bits per heavy atom. The number of aliphatic hydroxyl groups is 1. The van der Waals surface area contributed by atoms with Gasteiger partial charge in [0, 0.05) is 30.5 Å². The number of amides is 2. The molecule has 0 bridgehead atoms. The Morgan fingerprint density at radius 3 is 2.42 bits per heavy atom. The second-order valence-electron chi connectivity index (χ2n) is 4.53. The Balaban J connectivity index is 2.63. The van der Waals surface area contributed by atoms with Gasteiger partial charge in [0.25, 0.3) is 0 Å². The van der Waals surface area contributed by atoms with Crippen LogP contribution in [0.2, 0.25) is 0 Å². The highest BCUT2D eigenvalue weighted by Crippen LogP contribution is 2.19. The summed E-state index contributed by atoms with van der Waals surface area (Å²) >= 11 is 0. The highest BCUT2D eigenvalue weighted by molar-refractivity contribution is 5.89. The fraction of sp³-hybridized carbons (Fsp3) is 0.500. The van der Waals surface area contributed by atoms with Crippen molar-refractivity contribution in [3.05, 3.63) is 24.3 Å². The van der Waals surface area contributed by atoms with Crippen LogP contribution in [0.1, 0.15) is 20.8 Å². The van der Waals surface area contributed by atoms with Crippen LogP contribution in [0.25, 0.3) is 0 Å². The van der Waals surface area contributed by atoms with Gasteiger partial charge in [-0.15, -0.1) is 0 Å². The van der Waals surface area contributed by atoms with Crippen molar-refractivity contribution in [2.24, 2.45) is 0 Å². The first-order valence-corrected chi connectivity index (χ1v) is 6.61. The molecule has 1 aromatic rings. The van der Waals surface area contributed by atoms with Crippen LogP contribution in [0, 0.1) is 0 Å². The Labute approximate surface area is 114 Å². The number of carbonyl (C=O) groups excluding carboxylic acids is 1. The van der Waals surface area contributed by atoms with Crippen molar-refractivity contribution >= 4 is 17.4 Å². The first-order valence-electron chi connectivity index (χ1n) is 6.61. The lowest BCUT2D eigenvalue weighted by molar-refractivity contribution is 0.245. The second kappa shape index (κ2) is 7.63. The lowest BCUT2D eigenvalue weighted by Crippen LogP contribution is -2.31. The number of nitrogens with one attached hydrogen (secondary N) is 2. The van der Waals surface area contributed by atoms with E-state index >= 15 is 0 Å². The molecule has 0 atom stereocenters. The Kier molecular flexibility index (Phi) is 6.15. The summed E-state index contributed by atoms with van der Waals surface area (Å²) in [6, 6.07) is 7.86. The van der Waals surface area contributed by atoms with E-state index in [1.807, 2.05) is 24.3 Å². The lowest BCUT2D eigenvalue weighted by Gasteiger charge is -2.27. The molecule has 0 aromatic heterocycles. The van der Waals surface area contributed by atoms with E-state index in [0.29, 0.717) is 6.04 Å². The van der Waals surface area contributed by atoms with Gasteiger partial charge < -0.3 is 20.6 Å². The number of urea groups is 1. The maximum atomic E-state index is 11.4. The minimum absolute atomic E-state index is 0.0633. The normalized spacial score (nSPS) is 10.4. The summed E-state index contributed by atoms with van der Waals surface area (Å²) in [6.45, 7) is 7.55. The molecule has 0 aliphatic rings. The van der Waals surface area contributed by atoms with Crippen molar-refractivity contribution in [1.29, 1.82) is 0 Å². The SMILES string of the molecule is CCN(c1ccc(NC(=O)NCCO)cc1)C(C)C. The fourth-order valence-electron chi connectivity index (χ4n) is 1.93. The molecular weight excluding hydrogens is 242 g/mol. The van der Waals surface area contributed by atoms with E-state index in [-0.39, 0.29) is 19.2 Å². The van der Waals surface area contributed by atoms with Crippen molar-refractivity contribution in [2.45, 2.75) is 26.8 Å². The quantitative estimate of drug-likeness (QED) is 0.737. The Bertz CT molecular complexity index is 390. The predicted octanol–water partition coefficient (Wildman–Crippen LogP) is 2.04. The van der Waals surface area contributed by atoms with Gasteiger partial charge in [0.1, 0.15) is 0 Å². The summed E-state index contributed by atoms with van der Waals surface area (Å²) in [4.78, 5) is 13.7. The zero-order valence-electron chi connectivity index (χ0n) is 11.8. The zero-order valence-corrected chi connectivity index (χ0v) is 11.8. The third kappa shape index (κ3) is 4.79. The summed E-state index contributed by atoms with van der Waals surface area (Å²) in [5.74, 6) is 0. The van der Waals surface area contributed by atoms with Gasteiger partial charge in [0.15, 0.2) is 0 Å². The fourth-order valence-corrected chi connectivity index (χ4v) is 1.93.